The zero-order valence-corrected chi connectivity index (χ0v) is 10.4. The van der Waals surface area contributed by atoms with Crippen LogP contribution in [0.15, 0.2) is 24.3 Å². The molecule has 1 fully saturated rings. The Morgan fingerprint density at radius 1 is 1.32 bits per heavy atom. The second-order valence-electron chi connectivity index (χ2n) is 4.82. The Labute approximate surface area is 109 Å². The van der Waals surface area contributed by atoms with Crippen molar-refractivity contribution in [1.29, 1.82) is 0 Å². The number of amides is 1. The van der Waals surface area contributed by atoms with Crippen molar-refractivity contribution in [2.45, 2.75) is 19.5 Å². The molecule has 1 amide bonds. The van der Waals surface area contributed by atoms with Crippen LogP contribution in [0.25, 0.3) is 0 Å². The number of carbonyl (C=O) groups excluding carboxylic acids is 1. The van der Waals surface area contributed by atoms with Crippen LogP contribution in [-0.4, -0.2) is 18.6 Å². The molecule has 6 heteroatoms. The van der Waals surface area contributed by atoms with E-state index in [4.69, 9.17) is 0 Å². The number of anilines is 2. The first kappa shape index (κ1) is 13.7. The number of nitrogens with one attached hydrogen (secondary N) is 2. The van der Waals surface area contributed by atoms with E-state index < -0.39 is 12.7 Å². The van der Waals surface area contributed by atoms with Gasteiger partial charge in [-0.25, -0.2) is 0 Å². The lowest BCUT2D eigenvalue weighted by Gasteiger charge is -2.14. The van der Waals surface area contributed by atoms with Crippen LogP contribution in [0, 0.1) is 11.8 Å². The van der Waals surface area contributed by atoms with E-state index in [1.165, 1.54) is 6.07 Å². The van der Waals surface area contributed by atoms with Crippen LogP contribution in [0.2, 0.25) is 0 Å². The van der Waals surface area contributed by atoms with E-state index in [1.54, 1.807) is 18.2 Å². The van der Waals surface area contributed by atoms with Crippen LogP contribution < -0.4 is 10.6 Å². The van der Waals surface area contributed by atoms with E-state index in [1.807, 2.05) is 6.92 Å². The fourth-order valence-corrected chi connectivity index (χ4v) is 1.85. The van der Waals surface area contributed by atoms with Gasteiger partial charge in [-0.05, 0) is 24.5 Å². The molecule has 0 aromatic heterocycles. The number of carbonyl (C=O) groups is 1. The highest BCUT2D eigenvalue weighted by Gasteiger charge is 2.39. The summed E-state index contributed by atoms with van der Waals surface area (Å²) in [6.07, 6.45) is -3.45. The van der Waals surface area contributed by atoms with E-state index >= 15 is 0 Å². The normalized spacial score (nSPS) is 21.9. The second-order valence-corrected chi connectivity index (χ2v) is 4.82. The molecule has 1 aromatic rings. The molecule has 0 bridgehead atoms. The van der Waals surface area contributed by atoms with E-state index in [9.17, 15) is 18.0 Å². The summed E-state index contributed by atoms with van der Waals surface area (Å²) in [5.41, 5.74) is 0.664. The van der Waals surface area contributed by atoms with Crippen molar-refractivity contribution >= 4 is 17.3 Å². The van der Waals surface area contributed by atoms with Crippen LogP contribution in [-0.2, 0) is 4.79 Å². The molecule has 1 aliphatic carbocycles. The van der Waals surface area contributed by atoms with Crippen LogP contribution in [0.1, 0.15) is 13.3 Å². The van der Waals surface area contributed by atoms with Gasteiger partial charge in [0.25, 0.3) is 0 Å². The number of rotatable bonds is 4. The molecule has 2 rings (SSSR count). The summed E-state index contributed by atoms with van der Waals surface area (Å²) in [5, 5.41) is 4.96. The van der Waals surface area contributed by atoms with Crippen molar-refractivity contribution < 1.29 is 18.0 Å². The van der Waals surface area contributed by atoms with Gasteiger partial charge in [0.05, 0.1) is 11.4 Å². The minimum atomic E-state index is -4.29. The molecule has 3 nitrogen and oxygen atoms in total. The lowest BCUT2D eigenvalue weighted by Crippen LogP contribution is -2.22. The largest absolute Gasteiger partial charge is 0.405 e. The number of benzene rings is 1. The summed E-state index contributed by atoms with van der Waals surface area (Å²) in [6, 6.07) is 6.39. The molecule has 0 aliphatic heterocycles. The highest BCUT2D eigenvalue weighted by atomic mass is 19.4. The Balaban J connectivity index is 2.01. The molecule has 1 aromatic carbocycles. The molecule has 2 N–H and O–H groups in total. The zero-order valence-electron chi connectivity index (χ0n) is 10.4. The van der Waals surface area contributed by atoms with Crippen molar-refractivity contribution in [2.24, 2.45) is 11.8 Å². The fraction of sp³-hybridized carbons (Fsp3) is 0.462. The standard InChI is InChI=1S/C13H15F3N2O/c1-8-6-9(8)12(19)18-11-5-3-2-4-10(11)17-7-13(14,15)16/h2-5,8-9,17H,6-7H2,1H3,(H,18,19)/t8-,9+/m0/s1. The fourth-order valence-electron chi connectivity index (χ4n) is 1.85. The lowest BCUT2D eigenvalue weighted by molar-refractivity contribution is -0.117. The number of alkyl halides is 3. The zero-order chi connectivity index (χ0) is 14.0. The third kappa shape index (κ3) is 3.87. The maximum atomic E-state index is 12.2. The SMILES string of the molecule is C[C@H]1C[C@H]1C(=O)Nc1ccccc1NCC(F)(F)F. The number of para-hydroxylation sites is 2. The van der Waals surface area contributed by atoms with Gasteiger partial charge in [-0.3, -0.25) is 4.79 Å². The number of hydrogen-bond acceptors (Lipinski definition) is 2. The summed E-state index contributed by atoms with van der Waals surface area (Å²) >= 11 is 0. The molecule has 2 atom stereocenters. The third-order valence-corrected chi connectivity index (χ3v) is 3.11. The van der Waals surface area contributed by atoms with Crippen LogP contribution in [0.3, 0.4) is 0 Å². The molecule has 19 heavy (non-hydrogen) atoms. The Kier molecular flexibility index (Phi) is 3.68. The highest BCUT2D eigenvalue weighted by molar-refractivity contribution is 5.97. The minimum absolute atomic E-state index is 0.0179. The predicted octanol–water partition coefficient (Wildman–Crippen LogP) is 3.26. The average Bonchev–Trinajstić information content (AvgIpc) is 3.04. The Morgan fingerprint density at radius 2 is 1.89 bits per heavy atom. The molecule has 0 unspecified atom stereocenters. The van der Waals surface area contributed by atoms with E-state index in [0.717, 1.165) is 6.42 Å². The first-order valence-corrected chi connectivity index (χ1v) is 6.07. The number of hydrogen-bond donors (Lipinski definition) is 2. The highest BCUT2D eigenvalue weighted by Crippen LogP contribution is 2.39. The lowest BCUT2D eigenvalue weighted by atomic mass is 10.2. The Morgan fingerprint density at radius 3 is 2.42 bits per heavy atom. The van der Waals surface area contributed by atoms with Crippen molar-refractivity contribution in [1.82, 2.24) is 0 Å². The minimum Gasteiger partial charge on any atom is -0.375 e. The summed E-state index contributed by atoms with van der Waals surface area (Å²) in [7, 11) is 0. The maximum Gasteiger partial charge on any atom is 0.405 e. The molecular formula is C13H15F3N2O. The first-order chi connectivity index (χ1) is 8.87. The van der Waals surface area contributed by atoms with Crippen LogP contribution >= 0.6 is 0 Å². The summed E-state index contributed by atoms with van der Waals surface area (Å²) < 4.78 is 36.5. The molecule has 0 radical (unpaired) electrons. The summed E-state index contributed by atoms with van der Waals surface area (Å²) in [5.74, 6) is 0.208. The molecule has 104 valence electrons. The smallest absolute Gasteiger partial charge is 0.375 e. The van der Waals surface area contributed by atoms with Crippen LogP contribution in [0.4, 0.5) is 24.5 Å². The van der Waals surface area contributed by atoms with E-state index in [-0.39, 0.29) is 17.5 Å². The van der Waals surface area contributed by atoms with E-state index in [2.05, 4.69) is 10.6 Å². The Hall–Kier alpha value is -1.72. The third-order valence-electron chi connectivity index (χ3n) is 3.11. The monoisotopic (exact) mass is 272 g/mol. The predicted molar refractivity (Wildman–Crippen MR) is 66.9 cm³/mol. The van der Waals surface area contributed by atoms with Crippen molar-refractivity contribution in [3.8, 4) is 0 Å². The first-order valence-electron chi connectivity index (χ1n) is 6.07. The van der Waals surface area contributed by atoms with Gasteiger partial charge in [0.1, 0.15) is 6.54 Å². The molecule has 1 aliphatic rings. The molecule has 0 spiro atoms. The molecular weight excluding hydrogens is 257 g/mol. The van der Waals surface area contributed by atoms with Gasteiger partial charge < -0.3 is 10.6 Å². The van der Waals surface area contributed by atoms with Gasteiger partial charge in [-0.15, -0.1) is 0 Å². The van der Waals surface area contributed by atoms with Crippen molar-refractivity contribution in [3.05, 3.63) is 24.3 Å². The van der Waals surface area contributed by atoms with E-state index in [0.29, 0.717) is 11.6 Å². The van der Waals surface area contributed by atoms with Gasteiger partial charge >= 0.3 is 6.18 Å². The van der Waals surface area contributed by atoms with Gasteiger partial charge in [0.15, 0.2) is 0 Å². The second kappa shape index (κ2) is 5.11. The summed E-state index contributed by atoms with van der Waals surface area (Å²) in [6.45, 7) is 0.845. The molecule has 0 heterocycles. The van der Waals surface area contributed by atoms with Gasteiger partial charge in [-0.2, -0.15) is 13.2 Å². The topological polar surface area (TPSA) is 41.1 Å². The van der Waals surface area contributed by atoms with Crippen molar-refractivity contribution in [3.63, 3.8) is 0 Å². The molecule has 1 saturated carbocycles. The van der Waals surface area contributed by atoms with Crippen molar-refractivity contribution in [2.75, 3.05) is 17.2 Å². The summed E-state index contributed by atoms with van der Waals surface area (Å²) in [4.78, 5) is 11.8. The number of halogens is 3. The van der Waals surface area contributed by atoms with Gasteiger partial charge in [-0.1, -0.05) is 19.1 Å². The maximum absolute atomic E-state index is 12.2. The van der Waals surface area contributed by atoms with Gasteiger partial charge in [0, 0.05) is 5.92 Å². The van der Waals surface area contributed by atoms with Gasteiger partial charge in [0.2, 0.25) is 5.91 Å². The Bertz CT molecular complexity index is 473. The quantitative estimate of drug-likeness (QED) is 0.883. The molecule has 0 saturated heterocycles. The average molecular weight is 272 g/mol. The van der Waals surface area contributed by atoms with Crippen LogP contribution in [0.5, 0.6) is 0 Å².